The van der Waals surface area contributed by atoms with Gasteiger partial charge < -0.3 is 0 Å². The Kier molecular flexibility index (Phi) is 1.30. The van der Waals surface area contributed by atoms with Crippen LogP contribution in [0.2, 0.25) is 5.54 Å². The lowest BCUT2D eigenvalue weighted by Gasteiger charge is -1.91. The zero-order chi connectivity index (χ0) is 4.41. The summed E-state index contributed by atoms with van der Waals surface area (Å²) >= 11 is 0. The molecule has 0 amide bonds. The van der Waals surface area contributed by atoms with E-state index in [-0.39, 0.29) is 0 Å². The molecule has 0 aromatic carbocycles. The van der Waals surface area contributed by atoms with Gasteiger partial charge in [0.05, 0.1) is 0 Å². The summed E-state index contributed by atoms with van der Waals surface area (Å²) in [5, 5.41) is 0. The number of rotatable bonds is 0. The molecule has 0 bridgehead atoms. The topological polar surface area (TPSA) is 0 Å². The van der Waals surface area contributed by atoms with Gasteiger partial charge in [0.15, 0.2) is 0 Å². The Balaban J connectivity index is 2.18. The van der Waals surface area contributed by atoms with Crippen LogP contribution in [0.25, 0.3) is 0 Å². The summed E-state index contributed by atoms with van der Waals surface area (Å²) < 4.78 is 0. The van der Waals surface area contributed by atoms with Crippen molar-refractivity contribution < 1.29 is 0 Å². The van der Waals surface area contributed by atoms with Gasteiger partial charge in [-0.05, 0) is 0 Å². The maximum Gasteiger partial charge on any atom is 0.0121 e. The van der Waals surface area contributed by atoms with Crippen LogP contribution in [-0.4, -0.2) is 10.2 Å². The van der Waals surface area contributed by atoms with Crippen LogP contribution >= 0.6 is 0 Å². The van der Waals surface area contributed by atoms with Gasteiger partial charge in [0.25, 0.3) is 0 Å². The molecule has 1 saturated carbocycles. The maximum absolute atomic E-state index is 2.16. The predicted molar refractivity (Wildman–Crippen MR) is 30.8 cm³/mol. The molecule has 0 aliphatic heterocycles. The van der Waals surface area contributed by atoms with Crippen LogP contribution in [0.1, 0.15) is 25.7 Å². The second-order valence-corrected chi connectivity index (χ2v) is 3.31. The second-order valence-electron chi connectivity index (χ2n) is 2.15. The van der Waals surface area contributed by atoms with Gasteiger partial charge in [0, 0.05) is 10.2 Å². The number of hydrogen-bond acceptors (Lipinski definition) is 0. The van der Waals surface area contributed by atoms with Gasteiger partial charge in [-0.3, -0.25) is 0 Å². The smallest absolute Gasteiger partial charge is 0.0121 e. The Morgan fingerprint density at radius 2 is 1.67 bits per heavy atom. The lowest BCUT2D eigenvalue weighted by molar-refractivity contribution is 0.880. The van der Waals surface area contributed by atoms with Crippen molar-refractivity contribution in [1.29, 1.82) is 0 Å². The van der Waals surface area contributed by atoms with Gasteiger partial charge in [0.1, 0.15) is 0 Å². The van der Waals surface area contributed by atoms with Crippen LogP contribution in [0.4, 0.5) is 0 Å². The fourth-order valence-electron chi connectivity index (χ4n) is 1.01. The summed E-state index contributed by atoms with van der Waals surface area (Å²) in [6, 6.07) is 0. The lowest BCUT2D eigenvalue weighted by atomic mass is 10.4. The molecule has 0 nitrogen and oxygen atoms in total. The fraction of sp³-hybridized carbons (Fsp3) is 1.00. The second kappa shape index (κ2) is 1.78. The normalized spacial score (nSPS) is 25.5. The highest BCUT2D eigenvalue weighted by atomic mass is 28.1. The highest BCUT2D eigenvalue weighted by Crippen LogP contribution is 2.26. The van der Waals surface area contributed by atoms with E-state index in [1.165, 1.54) is 25.7 Å². The Morgan fingerprint density at radius 1 is 1.17 bits per heavy atom. The van der Waals surface area contributed by atoms with Crippen LogP contribution in [0.15, 0.2) is 0 Å². The van der Waals surface area contributed by atoms with Crippen molar-refractivity contribution in [3.8, 4) is 0 Å². The molecule has 6 heavy (non-hydrogen) atoms. The van der Waals surface area contributed by atoms with Crippen molar-refractivity contribution in [1.82, 2.24) is 0 Å². The van der Waals surface area contributed by atoms with Crippen LogP contribution in [0.3, 0.4) is 0 Å². The first kappa shape index (κ1) is 4.38. The highest BCUT2D eigenvalue weighted by molar-refractivity contribution is 6.11. The Bertz CT molecular complexity index is 37.2. The van der Waals surface area contributed by atoms with Crippen molar-refractivity contribution in [3.63, 3.8) is 0 Å². The molecule has 35 valence electrons. The SMILES string of the molecule is [SiH2]C1CCCC1. The van der Waals surface area contributed by atoms with Gasteiger partial charge in [-0.1, -0.05) is 31.2 Å². The first-order chi connectivity index (χ1) is 2.89. The van der Waals surface area contributed by atoms with Gasteiger partial charge in [-0.25, -0.2) is 0 Å². The molecule has 1 aliphatic carbocycles. The van der Waals surface area contributed by atoms with E-state index in [4.69, 9.17) is 0 Å². The van der Waals surface area contributed by atoms with Crippen molar-refractivity contribution in [3.05, 3.63) is 0 Å². The largest absolute Gasteiger partial charge is 0.0539 e. The third-order valence-electron chi connectivity index (χ3n) is 1.47. The molecule has 1 rings (SSSR count). The standard InChI is InChI=1S/C5H11Si/c6-5-3-1-2-4-5/h5H,1-4,6H2. The Labute approximate surface area is 42.4 Å². The van der Waals surface area contributed by atoms with E-state index in [0.29, 0.717) is 0 Å². The van der Waals surface area contributed by atoms with Crippen molar-refractivity contribution in [2.75, 3.05) is 0 Å². The first-order valence-corrected chi connectivity index (χ1v) is 3.54. The van der Waals surface area contributed by atoms with E-state index in [1.807, 2.05) is 0 Å². The van der Waals surface area contributed by atoms with E-state index in [1.54, 1.807) is 0 Å². The summed E-state index contributed by atoms with van der Waals surface area (Å²) in [4.78, 5) is 0. The quantitative estimate of drug-likeness (QED) is 0.397. The molecule has 0 N–H and O–H groups in total. The van der Waals surface area contributed by atoms with Crippen molar-refractivity contribution >= 4 is 10.2 Å². The van der Waals surface area contributed by atoms with Crippen molar-refractivity contribution in [2.45, 2.75) is 31.2 Å². The molecule has 1 heteroatoms. The van der Waals surface area contributed by atoms with Gasteiger partial charge in [-0.2, -0.15) is 0 Å². The Morgan fingerprint density at radius 3 is 1.83 bits per heavy atom. The Hall–Kier alpha value is 0.217. The van der Waals surface area contributed by atoms with E-state index in [9.17, 15) is 0 Å². The summed E-state index contributed by atoms with van der Waals surface area (Å²) in [6.45, 7) is 0. The monoisotopic (exact) mass is 99.1 g/mol. The van der Waals surface area contributed by atoms with Crippen LogP contribution in [-0.2, 0) is 0 Å². The van der Waals surface area contributed by atoms with Crippen LogP contribution in [0.5, 0.6) is 0 Å². The average molecular weight is 99.2 g/mol. The minimum atomic E-state index is 1.07. The average Bonchev–Trinajstić information content (AvgIpc) is 1.86. The zero-order valence-corrected chi connectivity index (χ0v) is 5.53. The molecular weight excluding hydrogens is 88.1 g/mol. The van der Waals surface area contributed by atoms with E-state index in [0.717, 1.165) is 5.54 Å². The zero-order valence-electron chi connectivity index (χ0n) is 4.11. The third-order valence-corrected chi connectivity index (χ3v) is 2.29. The molecule has 1 fully saturated rings. The summed E-state index contributed by atoms with van der Waals surface area (Å²) in [6.07, 6.45) is 5.99. The molecule has 0 atom stereocenters. The molecule has 1 radical (unpaired) electrons. The summed E-state index contributed by atoms with van der Waals surface area (Å²) in [5.41, 5.74) is 1.07. The minimum Gasteiger partial charge on any atom is -0.0539 e. The van der Waals surface area contributed by atoms with E-state index < -0.39 is 0 Å². The van der Waals surface area contributed by atoms with Crippen molar-refractivity contribution in [2.24, 2.45) is 0 Å². The van der Waals surface area contributed by atoms with Gasteiger partial charge in [0.2, 0.25) is 0 Å². The highest BCUT2D eigenvalue weighted by Gasteiger charge is 2.07. The molecular formula is C5H11Si. The lowest BCUT2D eigenvalue weighted by Crippen LogP contribution is -1.77. The molecule has 0 saturated heterocycles. The van der Waals surface area contributed by atoms with E-state index >= 15 is 0 Å². The molecule has 0 heterocycles. The molecule has 0 aromatic heterocycles. The minimum absolute atomic E-state index is 1.07. The fourth-order valence-corrected chi connectivity index (χ4v) is 1.59. The van der Waals surface area contributed by atoms with Crippen LogP contribution < -0.4 is 0 Å². The predicted octanol–water partition coefficient (Wildman–Crippen LogP) is 0.982. The summed E-state index contributed by atoms with van der Waals surface area (Å²) in [7, 11) is 2.16. The van der Waals surface area contributed by atoms with Gasteiger partial charge in [-0.15, -0.1) is 0 Å². The third kappa shape index (κ3) is 0.838. The molecule has 1 aliphatic rings. The van der Waals surface area contributed by atoms with Crippen LogP contribution in [0, 0.1) is 0 Å². The molecule has 0 spiro atoms. The summed E-state index contributed by atoms with van der Waals surface area (Å²) in [5.74, 6) is 0. The molecule has 0 unspecified atom stereocenters. The molecule has 0 aromatic rings. The number of hydrogen-bond donors (Lipinski definition) is 0. The van der Waals surface area contributed by atoms with Gasteiger partial charge >= 0.3 is 0 Å². The van der Waals surface area contributed by atoms with E-state index in [2.05, 4.69) is 10.2 Å². The maximum atomic E-state index is 2.16. The first-order valence-electron chi connectivity index (χ1n) is 2.72.